The van der Waals surface area contributed by atoms with E-state index in [0.717, 1.165) is 12.8 Å². The van der Waals surface area contributed by atoms with Crippen molar-refractivity contribution in [1.82, 2.24) is 0 Å². The van der Waals surface area contributed by atoms with E-state index >= 15 is 0 Å². The molecule has 2 unspecified atom stereocenters. The summed E-state index contributed by atoms with van der Waals surface area (Å²) in [4.78, 5) is 11.2. The molecule has 3 nitrogen and oxygen atoms in total. The lowest BCUT2D eigenvalue weighted by Gasteiger charge is -2.50. The Bertz CT molecular complexity index is 181. The summed E-state index contributed by atoms with van der Waals surface area (Å²) in [6, 6.07) is 0.681. The van der Waals surface area contributed by atoms with Crippen LogP contribution in [0.3, 0.4) is 0 Å². The molecular weight excluding hydrogens is 140 g/mol. The molecule has 3 atom stereocenters. The van der Waals surface area contributed by atoms with Crippen LogP contribution in [0.4, 0.5) is 0 Å². The zero-order valence-corrected chi connectivity index (χ0v) is 7.50. The number of hydrogen-bond donors (Lipinski definition) is 1. The zero-order valence-electron chi connectivity index (χ0n) is 7.50. The summed E-state index contributed by atoms with van der Waals surface area (Å²) >= 11 is 0. The number of likely N-dealkylation sites (tertiary alicyclic amines) is 1. The zero-order chi connectivity index (χ0) is 8.65. The first kappa shape index (κ1) is 8.68. The van der Waals surface area contributed by atoms with Crippen molar-refractivity contribution in [2.45, 2.75) is 45.7 Å². The molecule has 0 aromatic heterocycles. The largest absolute Gasteiger partial charge is 0.329 e. The van der Waals surface area contributed by atoms with Crippen molar-refractivity contribution < 1.29 is 9.39 Å². The smallest absolute Gasteiger partial charge is 0.229 e. The van der Waals surface area contributed by atoms with Crippen LogP contribution in [0.15, 0.2) is 0 Å². The molecule has 1 amide bonds. The average molecular weight is 157 g/mol. The molecular formula is C8H17N2O+. The molecule has 0 saturated carbocycles. The Morgan fingerprint density at radius 1 is 1.73 bits per heavy atom. The molecule has 0 radical (unpaired) electrons. The van der Waals surface area contributed by atoms with Crippen molar-refractivity contribution in [3.8, 4) is 0 Å². The van der Waals surface area contributed by atoms with E-state index in [0.29, 0.717) is 12.1 Å². The normalized spacial score (nSPS) is 43.3. The van der Waals surface area contributed by atoms with Gasteiger partial charge in [-0.15, -0.1) is 0 Å². The van der Waals surface area contributed by atoms with Gasteiger partial charge in [-0.25, -0.2) is 4.79 Å². The van der Waals surface area contributed by atoms with E-state index in [2.05, 4.69) is 6.92 Å². The molecule has 0 aliphatic carbocycles. The third-order valence-electron chi connectivity index (χ3n) is 2.96. The summed E-state index contributed by atoms with van der Waals surface area (Å²) in [5, 5.41) is 0. The van der Waals surface area contributed by atoms with Crippen molar-refractivity contribution >= 4 is 5.91 Å². The lowest BCUT2D eigenvalue weighted by Crippen LogP contribution is -2.76. The highest BCUT2D eigenvalue weighted by atomic mass is 16.2. The highest BCUT2D eigenvalue weighted by Gasteiger charge is 2.53. The summed E-state index contributed by atoms with van der Waals surface area (Å²) in [5.41, 5.74) is 0. The number of rotatable bonds is 1. The van der Waals surface area contributed by atoms with E-state index in [1.165, 1.54) is 0 Å². The first-order valence-corrected chi connectivity index (χ1v) is 4.21. The molecule has 11 heavy (non-hydrogen) atoms. The second kappa shape index (κ2) is 2.57. The van der Waals surface area contributed by atoms with Crippen LogP contribution < -0.4 is 5.84 Å². The maximum Gasteiger partial charge on any atom is 0.329 e. The summed E-state index contributed by atoms with van der Waals surface area (Å²) in [5.74, 6) is 6.02. The molecule has 2 N–H and O–H groups in total. The summed E-state index contributed by atoms with van der Waals surface area (Å²) in [6.07, 6.45) is 2.09. The molecule has 64 valence electrons. The molecule has 1 rings (SSSR count). The Hall–Kier alpha value is -0.410. The van der Waals surface area contributed by atoms with Gasteiger partial charge in [0, 0.05) is 0 Å². The monoisotopic (exact) mass is 157 g/mol. The van der Waals surface area contributed by atoms with Crippen LogP contribution in [0, 0.1) is 0 Å². The van der Waals surface area contributed by atoms with Crippen LogP contribution in [0.1, 0.15) is 33.6 Å². The molecule has 3 heteroatoms. The second-order valence-corrected chi connectivity index (χ2v) is 3.50. The van der Waals surface area contributed by atoms with Crippen molar-refractivity contribution in [2.24, 2.45) is 5.84 Å². The van der Waals surface area contributed by atoms with E-state index in [9.17, 15) is 4.79 Å². The first-order valence-electron chi connectivity index (χ1n) is 4.21. The molecule has 0 aromatic carbocycles. The van der Waals surface area contributed by atoms with Crippen LogP contribution in [0.5, 0.6) is 0 Å². The Kier molecular flexibility index (Phi) is 2.03. The fourth-order valence-electron chi connectivity index (χ4n) is 2.00. The predicted molar refractivity (Wildman–Crippen MR) is 43.3 cm³/mol. The van der Waals surface area contributed by atoms with Gasteiger partial charge in [0.15, 0.2) is 0 Å². The van der Waals surface area contributed by atoms with Crippen LogP contribution in [-0.4, -0.2) is 22.6 Å². The van der Waals surface area contributed by atoms with E-state index < -0.39 is 0 Å². The summed E-state index contributed by atoms with van der Waals surface area (Å²) < 4.78 is 0.163. The standard InChI is InChI=1S/C8H17N2O/c1-4-8-5-6(2)10(8,9)7(3)11/h6,8H,4-5,9H2,1-3H3/q+1/t6-,8?,10?/m1/s1. The van der Waals surface area contributed by atoms with Gasteiger partial charge in [-0.05, 0) is 13.3 Å². The number of nitrogens with zero attached hydrogens (tertiary/aromatic N) is 1. The van der Waals surface area contributed by atoms with Crippen molar-refractivity contribution in [1.29, 1.82) is 0 Å². The Morgan fingerprint density at radius 2 is 2.27 bits per heavy atom. The molecule has 0 spiro atoms. The van der Waals surface area contributed by atoms with Crippen molar-refractivity contribution in [3.63, 3.8) is 0 Å². The maximum atomic E-state index is 11.2. The molecule has 1 saturated heterocycles. The van der Waals surface area contributed by atoms with Gasteiger partial charge in [0.25, 0.3) is 0 Å². The van der Waals surface area contributed by atoms with Crippen LogP contribution in [0.25, 0.3) is 0 Å². The van der Waals surface area contributed by atoms with Crippen molar-refractivity contribution in [2.75, 3.05) is 0 Å². The third kappa shape index (κ3) is 0.993. The van der Waals surface area contributed by atoms with Gasteiger partial charge in [-0.1, -0.05) is 6.92 Å². The third-order valence-corrected chi connectivity index (χ3v) is 2.96. The lowest BCUT2D eigenvalue weighted by atomic mass is 9.90. The molecule has 0 aromatic rings. The minimum atomic E-state index is 0.0931. The van der Waals surface area contributed by atoms with Gasteiger partial charge in [0.2, 0.25) is 0 Å². The van der Waals surface area contributed by atoms with Gasteiger partial charge in [0.1, 0.15) is 12.1 Å². The van der Waals surface area contributed by atoms with Gasteiger partial charge in [0.05, 0.1) is 13.3 Å². The quantitative estimate of drug-likeness (QED) is 0.347. The second-order valence-electron chi connectivity index (χ2n) is 3.50. The Labute approximate surface area is 67.7 Å². The molecule has 1 heterocycles. The first-order chi connectivity index (χ1) is 5.03. The predicted octanol–water partition coefficient (Wildman–Crippen LogP) is 0.794. The molecule has 0 bridgehead atoms. The fourth-order valence-corrected chi connectivity index (χ4v) is 2.00. The minimum Gasteiger partial charge on any atom is -0.229 e. The van der Waals surface area contributed by atoms with Gasteiger partial charge in [-0.3, -0.25) is 0 Å². The van der Waals surface area contributed by atoms with Gasteiger partial charge < -0.3 is 0 Å². The maximum absolute atomic E-state index is 11.2. The topological polar surface area (TPSA) is 43.1 Å². The number of quaternary nitrogens is 1. The van der Waals surface area contributed by atoms with Crippen LogP contribution in [0.2, 0.25) is 0 Å². The Morgan fingerprint density at radius 3 is 2.45 bits per heavy atom. The number of carbonyl (C=O) groups excluding carboxylic acids is 1. The summed E-state index contributed by atoms with van der Waals surface area (Å²) in [7, 11) is 0. The average Bonchev–Trinajstić information content (AvgIpc) is 1.97. The van der Waals surface area contributed by atoms with Gasteiger partial charge in [-0.2, -0.15) is 10.4 Å². The number of amides is 1. The highest BCUT2D eigenvalue weighted by Crippen LogP contribution is 2.33. The van der Waals surface area contributed by atoms with Crippen molar-refractivity contribution in [3.05, 3.63) is 0 Å². The lowest BCUT2D eigenvalue weighted by molar-refractivity contribution is -0.956. The van der Waals surface area contributed by atoms with Crippen LogP contribution >= 0.6 is 0 Å². The summed E-state index contributed by atoms with van der Waals surface area (Å²) in [6.45, 7) is 5.70. The van der Waals surface area contributed by atoms with Crippen LogP contribution in [-0.2, 0) is 4.79 Å². The van der Waals surface area contributed by atoms with E-state index in [1.807, 2.05) is 6.92 Å². The van der Waals surface area contributed by atoms with E-state index in [4.69, 9.17) is 5.84 Å². The van der Waals surface area contributed by atoms with E-state index in [-0.39, 0.29) is 10.5 Å². The van der Waals surface area contributed by atoms with Gasteiger partial charge >= 0.3 is 5.91 Å². The minimum absolute atomic E-state index is 0.0931. The number of carbonyl (C=O) groups is 1. The highest BCUT2D eigenvalue weighted by molar-refractivity contribution is 5.66. The Balaban J connectivity index is 2.73. The molecule has 1 aliphatic heterocycles. The number of hydrogen-bond acceptors (Lipinski definition) is 2. The number of nitrogens with two attached hydrogens (primary N) is 1. The van der Waals surface area contributed by atoms with E-state index in [1.54, 1.807) is 6.92 Å². The fraction of sp³-hybridized carbons (Fsp3) is 0.875. The molecule has 1 fully saturated rings. The SMILES string of the molecule is CCC1C[C@@H](C)[N+]1(N)C(C)=O. The molecule has 1 aliphatic rings.